The summed E-state index contributed by atoms with van der Waals surface area (Å²) in [5.74, 6) is 0.375. The molecule has 0 radical (unpaired) electrons. The first-order valence-corrected chi connectivity index (χ1v) is 8.35. The zero-order valence-corrected chi connectivity index (χ0v) is 14.8. The predicted octanol–water partition coefficient (Wildman–Crippen LogP) is 4.92. The van der Waals surface area contributed by atoms with Crippen LogP contribution in [0, 0.1) is 6.92 Å². The van der Waals surface area contributed by atoms with Crippen LogP contribution in [0.1, 0.15) is 40.9 Å². The number of ketones is 1. The smallest absolute Gasteiger partial charge is 0.163 e. The van der Waals surface area contributed by atoms with Gasteiger partial charge in [-0.3, -0.25) is 4.79 Å². The number of H-pyrrole nitrogens is 1. The van der Waals surface area contributed by atoms with Gasteiger partial charge in [0, 0.05) is 48.4 Å². The van der Waals surface area contributed by atoms with Crippen LogP contribution < -0.4 is 4.90 Å². The monoisotopic (exact) mass is 320 g/mol. The van der Waals surface area contributed by atoms with E-state index in [1.165, 1.54) is 10.9 Å². The molecular weight excluding hydrogens is 296 g/mol. The van der Waals surface area contributed by atoms with Crippen LogP contribution in [0.3, 0.4) is 0 Å². The molecule has 3 nitrogen and oxygen atoms in total. The van der Waals surface area contributed by atoms with Crippen LogP contribution in [0.2, 0.25) is 0 Å². The van der Waals surface area contributed by atoms with E-state index in [4.69, 9.17) is 0 Å². The third kappa shape index (κ3) is 3.07. The minimum atomic E-state index is 0.183. The van der Waals surface area contributed by atoms with Crippen molar-refractivity contribution in [2.75, 3.05) is 19.0 Å². The van der Waals surface area contributed by atoms with Crippen LogP contribution in [-0.4, -0.2) is 24.9 Å². The third-order valence-electron chi connectivity index (χ3n) is 4.63. The molecule has 0 unspecified atom stereocenters. The Kier molecular flexibility index (Phi) is 4.43. The normalized spacial score (nSPS) is 12.3. The van der Waals surface area contributed by atoms with Crippen molar-refractivity contribution >= 4 is 22.4 Å². The highest BCUT2D eigenvalue weighted by Crippen LogP contribution is 2.31. The molecule has 0 amide bonds. The lowest BCUT2D eigenvalue weighted by Gasteiger charge is -2.14. The minimum absolute atomic E-state index is 0.183. The van der Waals surface area contributed by atoms with Crippen LogP contribution >= 0.6 is 0 Å². The maximum absolute atomic E-state index is 12.7. The number of hydrogen-bond donors (Lipinski definition) is 1. The van der Waals surface area contributed by atoms with E-state index in [-0.39, 0.29) is 11.7 Å². The first-order chi connectivity index (χ1) is 11.5. The Morgan fingerprint density at radius 1 is 1.08 bits per heavy atom. The second kappa shape index (κ2) is 6.52. The molecule has 0 saturated heterocycles. The molecule has 3 rings (SSSR count). The zero-order valence-electron chi connectivity index (χ0n) is 14.8. The Morgan fingerprint density at radius 2 is 1.75 bits per heavy atom. The van der Waals surface area contributed by atoms with Crippen molar-refractivity contribution in [3.05, 3.63) is 65.4 Å². The lowest BCUT2D eigenvalue weighted by molar-refractivity contribution is 0.0976. The number of nitrogens with zero attached hydrogens (tertiary/aromatic N) is 1. The van der Waals surface area contributed by atoms with E-state index in [0.717, 1.165) is 22.5 Å². The predicted molar refractivity (Wildman–Crippen MR) is 101 cm³/mol. The van der Waals surface area contributed by atoms with Gasteiger partial charge in [0.05, 0.1) is 0 Å². The molecule has 1 N–H and O–H groups in total. The molecular formula is C21H24N2O. The molecule has 2 aromatic carbocycles. The fourth-order valence-corrected chi connectivity index (χ4v) is 3.38. The number of hydrogen-bond acceptors (Lipinski definition) is 2. The standard InChI is InChI=1S/C21H24N2O/c1-14(21-15(2)22-19-8-6-5-7-18(19)21)13-20(24)16-9-11-17(12-10-16)23(3)4/h5-12,14,22H,13H2,1-4H3/t14-/m0/s1. The maximum atomic E-state index is 12.7. The molecule has 1 aromatic heterocycles. The second-order valence-electron chi connectivity index (χ2n) is 6.68. The number of aromatic amines is 1. The van der Waals surface area contributed by atoms with E-state index in [1.54, 1.807) is 0 Å². The topological polar surface area (TPSA) is 36.1 Å². The molecule has 0 spiro atoms. The number of rotatable bonds is 5. The highest BCUT2D eigenvalue weighted by atomic mass is 16.1. The Morgan fingerprint density at radius 3 is 2.42 bits per heavy atom. The Hall–Kier alpha value is -2.55. The lowest BCUT2D eigenvalue weighted by atomic mass is 9.91. The van der Waals surface area contributed by atoms with Gasteiger partial charge in [-0.1, -0.05) is 25.1 Å². The molecule has 0 saturated carbocycles. The van der Waals surface area contributed by atoms with E-state index in [0.29, 0.717) is 6.42 Å². The maximum Gasteiger partial charge on any atom is 0.163 e. The van der Waals surface area contributed by atoms with Crippen molar-refractivity contribution in [1.82, 2.24) is 4.98 Å². The summed E-state index contributed by atoms with van der Waals surface area (Å²) in [6.45, 7) is 4.22. The largest absolute Gasteiger partial charge is 0.378 e. The quantitative estimate of drug-likeness (QED) is 0.677. The van der Waals surface area contributed by atoms with Gasteiger partial charge < -0.3 is 9.88 Å². The Bertz CT molecular complexity index is 859. The van der Waals surface area contributed by atoms with E-state index in [9.17, 15) is 4.79 Å². The number of aromatic nitrogens is 1. The number of para-hydroxylation sites is 1. The molecule has 124 valence electrons. The van der Waals surface area contributed by atoms with Crippen molar-refractivity contribution in [2.45, 2.75) is 26.2 Å². The molecule has 0 fully saturated rings. The summed E-state index contributed by atoms with van der Waals surface area (Å²) in [7, 11) is 4.00. The van der Waals surface area contributed by atoms with Crippen molar-refractivity contribution in [3.8, 4) is 0 Å². The molecule has 1 heterocycles. The summed E-state index contributed by atoms with van der Waals surface area (Å²) in [6.07, 6.45) is 0.518. The third-order valence-corrected chi connectivity index (χ3v) is 4.63. The lowest BCUT2D eigenvalue weighted by Crippen LogP contribution is -2.09. The summed E-state index contributed by atoms with van der Waals surface area (Å²) in [5, 5.41) is 1.22. The van der Waals surface area contributed by atoms with Crippen molar-refractivity contribution < 1.29 is 4.79 Å². The number of nitrogens with one attached hydrogen (secondary N) is 1. The summed E-state index contributed by atoms with van der Waals surface area (Å²) < 4.78 is 0. The Labute approximate surface area is 143 Å². The van der Waals surface area contributed by atoms with Crippen LogP contribution in [0.4, 0.5) is 5.69 Å². The number of aryl methyl sites for hydroxylation is 1. The zero-order chi connectivity index (χ0) is 17.3. The Balaban J connectivity index is 1.82. The fourth-order valence-electron chi connectivity index (χ4n) is 3.38. The fraction of sp³-hybridized carbons (Fsp3) is 0.286. The average Bonchev–Trinajstić information content (AvgIpc) is 2.90. The van der Waals surface area contributed by atoms with Gasteiger partial charge in [-0.2, -0.15) is 0 Å². The van der Waals surface area contributed by atoms with E-state index in [2.05, 4.69) is 31.0 Å². The number of fused-ring (bicyclic) bond motifs is 1. The summed E-state index contributed by atoms with van der Waals surface area (Å²) in [4.78, 5) is 18.1. The number of carbonyl (C=O) groups is 1. The molecule has 1 atom stereocenters. The molecule has 24 heavy (non-hydrogen) atoms. The van der Waals surface area contributed by atoms with Crippen LogP contribution in [0.15, 0.2) is 48.5 Å². The van der Waals surface area contributed by atoms with Crippen LogP contribution in [0.5, 0.6) is 0 Å². The van der Waals surface area contributed by atoms with Gasteiger partial charge in [0.25, 0.3) is 0 Å². The van der Waals surface area contributed by atoms with Gasteiger partial charge in [0.15, 0.2) is 5.78 Å². The van der Waals surface area contributed by atoms with Crippen molar-refractivity contribution in [2.24, 2.45) is 0 Å². The summed E-state index contributed by atoms with van der Waals surface area (Å²) >= 11 is 0. The molecule has 3 aromatic rings. The number of anilines is 1. The second-order valence-corrected chi connectivity index (χ2v) is 6.68. The summed E-state index contributed by atoms with van der Waals surface area (Å²) in [6, 6.07) is 16.1. The van der Waals surface area contributed by atoms with Gasteiger partial charge in [0.2, 0.25) is 0 Å². The summed E-state index contributed by atoms with van der Waals surface area (Å²) in [5.41, 5.74) is 5.43. The number of Topliss-reactive ketones (excluding diaryl/α,β-unsaturated/α-hetero) is 1. The highest BCUT2D eigenvalue weighted by Gasteiger charge is 2.18. The molecule has 0 aliphatic rings. The first kappa shape index (κ1) is 16.3. The van der Waals surface area contributed by atoms with Gasteiger partial charge in [-0.05, 0) is 48.7 Å². The van der Waals surface area contributed by atoms with Crippen molar-refractivity contribution in [1.29, 1.82) is 0 Å². The van der Waals surface area contributed by atoms with Crippen LogP contribution in [0.25, 0.3) is 10.9 Å². The van der Waals surface area contributed by atoms with Gasteiger partial charge in [-0.15, -0.1) is 0 Å². The van der Waals surface area contributed by atoms with Crippen LogP contribution in [-0.2, 0) is 0 Å². The molecule has 0 aliphatic carbocycles. The highest BCUT2D eigenvalue weighted by molar-refractivity contribution is 5.97. The molecule has 3 heteroatoms. The number of carbonyl (C=O) groups excluding carboxylic acids is 1. The van der Waals surface area contributed by atoms with E-state index in [1.807, 2.05) is 55.4 Å². The average molecular weight is 320 g/mol. The molecule has 0 bridgehead atoms. The van der Waals surface area contributed by atoms with Gasteiger partial charge >= 0.3 is 0 Å². The van der Waals surface area contributed by atoms with Gasteiger partial charge in [-0.25, -0.2) is 0 Å². The van der Waals surface area contributed by atoms with E-state index < -0.39 is 0 Å². The van der Waals surface area contributed by atoms with Gasteiger partial charge in [0.1, 0.15) is 0 Å². The minimum Gasteiger partial charge on any atom is -0.378 e. The molecule has 0 aliphatic heterocycles. The van der Waals surface area contributed by atoms with Crippen molar-refractivity contribution in [3.63, 3.8) is 0 Å². The number of benzene rings is 2. The SMILES string of the molecule is Cc1[nH]c2ccccc2c1[C@@H](C)CC(=O)c1ccc(N(C)C)cc1. The first-order valence-electron chi connectivity index (χ1n) is 8.35. The van der Waals surface area contributed by atoms with E-state index >= 15 is 0 Å².